The van der Waals surface area contributed by atoms with Gasteiger partial charge in [-0.05, 0) is 25.0 Å². The van der Waals surface area contributed by atoms with Crippen LogP contribution in [0.2, 0.25) is 0 Å². The van der Waals surface area contributed by atoms with E-state index in [9.17, 15) is 4.79 Å². The molecule has 1 aromatic carbocycles. The fourth-order valence-corrected chi connectivity index (χ4v) is 4.94. The molecular formula is C20H29NO3S. The van der Waals surface area contributed by atoms with Crippen LogP contribution >= 0.6 is 11.8 Å². The summed E-state index contributed by atoms with van der Waals surface area (Å²) in [6.45, 7) is 2.54. The van der Waals surface area contributed by atoms with Crippen LogP contribution in [-0.2, 0) is 4.79 Å². The number of ether oxygens (including phenoxy) is 2. The van der Waals surface area contributed by atoms with E-state index in [-0.39, 0.29) is 0 Å². The van der Waals surface area contributed by atoms with Gasteiger partial charge in [0, 0.05) is 31.2 Å². The smallest absolute Gasteiger partial charge is 0.161 e. The van der Waals surface area contributed by atoms with E-state index in [1.807, 2.05) is 36.0 Å². The molecule has 1 heterocycles. The van der Waals surface area contributed by atoms with Gasteiger partial charge in [-0.1, -0.05) is 31.4 Å². The Morgan fingerprint density at radius 1 is 1.20 bits per heavy atom. The number of carbonyl (C=O) groups is 1. The summed E-state index contributed by atoms with van der Waals surface area (Å²) in [5.74, 6) is 3.46. The van der Waals surface area contributed by atoms with E-state index in [0.717, 1.165) is 43.2 Å². The number of Topliss-reactive ketones (excluding diaryl/α,β-unsaturated/α-hetero) is 1. The van der Waals surface area contributed by atoms with Gasteiger partial charge in [0.2, 0.25) is 0 Å². The van der Waals surface area contributed by atoms with Crippen LogP contribution in [0.3, 0.4) is 0 Å². The van der Waals surface area contributed by atoms with Crippen molar-refractivity contribution in [1.29, 1.82) is 0 Å². The van der Waals surface area contributed by atoms with Crippen LogP contribution in [0.25, 0.3) is 0 Å². The summed E-state index contributed by atoms with van der Waals surface area (Å²) in [7, 11) is 1.66. The van der Waals surface area contributed by atoms with Crippen molar-refractivity contribution < 1.29 is 14.3 Å². The average molecular weight is 364 g/mol. The lowest BCUT2D eigenvalue weighted by Gasteiger charge is -2.25. The minimum atomic E-state index is 0.323. The van der Waals surface area contributed by atoms with E-state index in [0.29, 0.717) is 30.1 Å². The zero-order valence-corrected chi connectivity index (χ0v) is 15.9. The second-order valence-electron chi connectivity index (χ2n) is 6.87. The van der Waals surface area contributed by atoms with Gasteiger partial charge >= 0.3 is 0 Å². The summed E-state index contributed by atoms with van der Waals surface area (Å²) < 4.78 is 11.3. The van der Waals surface area contributed by atoms with Crippen molar-refractivity contribution >= 4 is 17.5 Å². The largest absolute Gasteiger partial charge is 0.493 e. The van der Waals surface area contributed by atoms with Gasteiger partial charge in [0.05, 0.1) is 12.5 Å². The lowest BCUT2D eigenvalue weighted by atomic mass is 9.85. The number of carbonyl (C=O) groups excluding carboxylic acids is 1. The van der Waals surface area contributed by atoms with Crippen LogP contribution in [0, 0.1) is 5.92 Å². The highest BCUT2D eigenvalue weighted by molar-refractivity contribution is 8.00. The van der Waals surface area contributed by atoms with Gasteiger partial charge in [0.25, 0.3) is 0 Å². The molecule has 1 aliphatic carbocycles. The summed E-state index contributed by atoms with van der Waals surface area (Å²) in [4.78, 5) is 14.8. The first-order chi connectivity index (χ1) is 12.3. The molecule has 0 radical (unpaired) electrons. The van der Waals surface area contributed by atoms with Crippen molar-refractivity contribution in [2.45, 2.75) is 43.9 Å². The molecule has 25 heavy (non-hydrogen) atoms. The number of nitrogens with zero attached hydrogens (tertiary/aromatic N) is 1. The third-order valence-corrected chi connectivity index (χ3v) is 6.49. The Morgan fingerprint density at radius 3 is 2.72 bits per heavy atom. The van der Waals surface area contributed by atoms with Crippen LogP contribution in [0.4, 0.5) is 0 Å². The van der Waals surface area contributed by atoms with Gasteiger partial charge in [-0.15, -0.1) is 11.8 Å². The molecule has 0 spiro atoms. The molecule has 0 amide bonds. The lowest BCUT2D eigenvalue weighted by Crippen LogP contribution is -2.35. The maximum Gasteiger partial charge on any atom is 0.161 e. The van der Waals surface area contributed by atoms with Gasteiger partial charge in [-0.2, -0.15) is 0 Å². The Morgan fingerprint density at radius 2 is 1.96 bits per heavy atom. The Balaban J connectivity index is 1.46. The van der Waals surface area contributed by atoms with Crippen LogP contribution in [0.1, 0.15) is 38.5 Å². The van der Waals surface area contributed by atoms with Crippen LogP contribution < -0.4 is 9.47 Å². The van der Waals surface area contributed by atoms with E-state index >= 15 is 0 Å². The van der Waals surface area contributed by atoms with E-state index in [2.05, 4.69) is 4.90 Å². The SMILES string of the molecule is COc1ccccc1OC[C@@H]1SCCN1CCC(=O)C1CCCCC1. The molecule has 1 aromatic rings. The number of hydrogen-bond acceptors (Lipinski definition) is 5. The molecule has 1 saturated carbocycles. The van der Waals surface area contributed by atoms with E-state index in [4.69, 9.17) is 9.47 Å². The topological polar surface area (TPSA) is 38.8 Å². The number of para-hydroxylation sites is 2. The Kier molecular flexibility index (Phi) is 7.05. The number of hydrogen-bond donors (Lipinski definition) is 0. The van der Waals surface area contributed by atoms with Crippen molar-refractivity contribution in [2.75, 3.05) is 32.6 Å². The molecule has 0 bridgehead atoms. The predicted octanol–water partition coefficient (Wildman–Crippen LogP) is 3.99. The summed E-state index contributed by atoms with van der Waals surface area (Å²) in [5.41, 5.74) is 0. The lowest BCUT2D eigenvalue weighted by molar-refractivity contribution is -0.124. The number of thioether (sulfide) groups is 1. The summed E-state index contributed by atoms with van der Waals surface area (Å²) in [6, 6.07) is 7.76. The zero-order valence-electron chi connectivity index (χ0n) is 15.1. The number of methoxy groups -OCH3 is 1. The highest BCUT2D eigenvalue weighted by Crippen LogP contribution is 2.30. The van der Waals surface area contributed by atoms with Gasteiger partial charge in [0.1, 0.15) is 12.4 Å². The Labute approximate surface area is 155 Å². The highest BCUT2D eigenvalue weighted by atomic mass is 32.2. The molecule has 4 nitrogen and oxygen atoms in total. The maximum absolute atomic E-state index is 12.4. The van der Waals surface area contributed by atoms with Crippen LogP contribution in [0.15, 0.2) is 24.3 Å². The molecule has 0 aromatic heterocycles. The molecule has 0 unspecified atom stereocenters. The fourth-order valence-electron chi connectivity index (χ4n) is 3.75. The first-order valence-electron chi connectivity index (χ1n) is 9.42. The van der Waals surface area contributed by atoms with Crippen LogP contribution in [-0.4, -0.2) is 48.6 Å². The van der Waals surface area contributed by atoms with Crippen molar-refractivity contribution in [2.24, 2.45) is 5.92 Å². The molecule has 1 atom stereocenters. The highest BCUT2D eigenvalue weighted by Gasteiger charge is 2.28. The minimum Gasteiger partial charge on any atom is -0.493 e. The molecule has 5 heteroatoms. The quantitative estimate of drug-likeness (QED) is 0.698. The second kappa shape index (κ2) is 9.48. The second-order valence-corrected chi connectivity index (χ2v) is 8.16. The molecule has 3 rings (SSSR count). The van der Waals surface area contributed by atoms with E-state index < -0.39 is 0 Å². The zero-order chi connectivity index (χ0) is 17.5. The van der Waals surface area contributed by atoms with Crippen LogP contribution in [0.5, 0.6) is 11.5 Å². The first kappa shape index (κ1) is 18.6. The monoisotopic (exact) mass is 363 g/mol. The van der Waals surface area contributed by atoms with Gasteiger partial charge < -0.3 is 9.47 Å². The first-order valence-corrected chi connectivity index (χ1v) is 10.5. The molecule has 1 aliphatic heterocycles. The Bertz CT molecular complexity index is 560. The summed E-state index contributed by atoms with van der Waals surface area (Å²) >= 11 is 1.92. The summed E-state index contributed by atoms with van der Waals surface area (Å²) in [5, 5.41) is 0.323. The standard InChI is InChI=1S/C20H29NO3S/c1-23-18-9-5-6-10-19(18)24-15-20-21(13-14-25-20)12-11-17(22)16-7-3-2-4-8-16/h5-6,9-10,16,20H,2-4,7-8,11-15H2,1H3/t20-/m0/s1. The molecular weight excluding hydrogens is 334 g/mol. The average Bonchev–Trinajstić information content (AvgIpc) is 3.12. The third kappa shape index (κ3) is 5.14. The van der Waals surface area contributed by atoms with Crippen molar-refractivity contribution in [3.8, 4) is 11.5 Å². The van der Waals surface area contributed by atoms with Gasteiger partial charge in [0.15, 0.2) is 11.5 Å². The number of rotatable bonds is 8. The molecule has 0 N–H and O–H groups in total. The Hall–Kier alpha value is -1.20. The van der Waals surface area contributed by atoms with E-state index in [1.165, 1.54) is 19.3 Å². The molecule has 1 saturated heterocycles. The molecule has 2 aliphatic rings. The molecule has 138 valence electrons. The van der Waals surface area contributed by atoms with Crippen molar-refractivity contribution in [1.82, 2.24) is 4.90 Å². The third-order valence-electron chi connectivity index (χ3n) is 5.25. The number of benzene rings is 1. The minimum absolute atomic E-state index is 0.323. The van der Waals surface area contributed by atoms with Gasteiger partial charge in [-0.3, -0.25) is 9.69 Å². The fraction of sp³-hybridized carbons (Fsp3) is 0.650. The van der Waals surface area contributed by atoms with E-state index in [1.54, 1.807) is 7.11 Å². The molecule has 2 fully saturated rings. The maximum atomic E-state index is 12.4. The van der Waals surface area contributed by atoms with Crippen molar-refractivity contribution in [3.63, 3.8) is 0 Å². The van der Waals surface area contributed by atoms with Crippen molar-refractivity contribution in [3.05, 3.63) is 24.3 Å². The summed E-state index contributed by atoms with van der Waals surface area (Å²) in [6.07, 6.45) is 6.66. The number of ketones is 1. The predicted molar refractivity (Wildman–Crippen MR) is 103 cm³/mol. The van der Waals surface area contributed by atoms with Gasteiger partial charge in [-0.25, -0.2) is 0 Å². The normalized spacial score (nSPS) is 22.0.